The molecule has 0 aliphatic rings. The van der Waals surface area contributed by atoms with Gasteiger partial charge in [0.25, 0.3) is 0 Å². The van der Waals surface area contributed by atoms with Gasteiger partial charge in [-0.05, 0) is 23.3 Å². The van der Waals surface area contributed by atoms with Crippen molar-refractivity contribution in [1.29, 1.82) is 0 Å². The molecule has 1 heterocycles. The van der Waals surface area contributed by atoms with Gasteiger partial charge in [-0.3, -0.25) is 4.79 Å². The van der Waals surface area contributed by atoms with Crippen molar-refractivity contribution >= 4 is 11.6 Å². The first-order chi connectivity index (χ1) is 13.1. The van der Waals surface area contributed by atoms with Gasteiger partial charge in [0.1, 0.15) is 0 Å². The Hall–Kier alpha value is -2.96. The van der Waals surface area contributed by atoms with E-state index in [9.17, 15) is 4.79 Å². The van der Waals surface area contributed by atoms with Crippen molar-refractivity contribution in [2.75, 3.05) is 19.5 Å². The first-order valence-corrected chi connectivity index (χ1v) is 8.63. The lowest BCUT2D eigenvalue weighted by atomic mass is 9.96. The minimum atomic E-state index is -0.592. The van der Waals surface area contributed by atoms with Crippen LogP contribution in [0, 0.1) is 0 Å². The molecule has 0 fully saturated rings. The van der Waals surface area contributed by atoms with Gasteiger partial charge >= 0.3 is 0 Å². The van der Waals surface area contributed by atoms with Crippen molar-refractivity contribution in [3.05, 3.63) is 83.9 Å². The number of hydrogen-bond acceptors (Lipinski definition) is 4. The lowest BCUT2D eigenvalue weighted by Crippen LogP contribution is -2.15. The molecule has 1 N–H and O–H groups in total. The summed E-state index contributed by atoms with van der Waals surface area (Å²) in [6.07, 6.45) is 4.90. The van der Waals surface area contributed by atoms with Crippen LogP contribution in [-0.4, -0.2) is 29.7 Å². The molecule has 6 nitrogen and oxygen atoms in total. The van der Waals surface area contributed by atoms with E-state index in [2.05, 4.69) is 22.4 Å². The number of amides is 1. The monoisotopic (exact) mass is 365 g/mol. The van der Waals surface area contributed by atoms with Crippen LogP contribution in [0.3, 0.4) is 0 Å². The highest BCUT2D eigenvalue weighted by Gasteiger charge is 2.21. The summed E-state index contributed by atoms with van der Waals surface area (Å²) >= 11 is 0. The molecular weight excluding hydrogens is 342 g/mol. The van der Waals surface area contributed by atoms with E-state index >= 15 is 0 Å². The highest BCUT2D eigenvalue weighted by molar-refractivity contribution is 5.89. The molecule has 3 aromatic rings. The van der Waals surface area contributed by atoms with Crippen molar-refractivity contribution in [2.45, 2.75) is 19.3 Å². The second kappa shape index (κ2) is 8.62. The summed E-state index contributed by atoms with van der Waals surface area (Å²) in [7, 11) is 3.14. The fourth-order valence-electron chi connectivity index (χ4n) is 3.19. The maximum Gasteiger partial charge on any atom is 0.221 e. The number of methoxy groups -OCH3 is 2. The second-order valence-electron chi connectivity index (χ2n) is 6.15. The highest BCUT2D eigenvalue weighted by Crippen LogP contribution is 2.33. The largest absolute Gasteiger partial charge is 0.352 e. The lowest BCUT2D eigenvalue weighted by Gasteiger charge is -2.23. The van der Waals surface area contributed by atoms with Gasteiger partial charge in [0.15, 0.2) is 6.29 Å². The molecule has 140 valence electrons. The molecule has 3 rings (SSSR count). The molecule has 0 radical (unpaired) electrons. The van der Waals surface area contributed by atoms with Crippen molar-refractivity contribution in [2.24, 2.45) is 0 Å². The SMILES string of the molecule is COC(OC)c1cc(C(c2ccccc2)n2ccnc2)ccc1NC(C)=O. The van der Waals surface area contributed by atoms with Crippen LogP contribution in [0.4, 0.5) is 5.69 Å². The van der Waals surface area contributed by atoms with Crippen LogP contribution in [-0.2, 0) is 14.3 Å². The number of carbonyl (C=O) groups is 1. The van der Waals surface area contributed by atoms with Crippen molar-refractivity contribution < 1.29 is 14.3 Å². The third kappa shape index (κ3) is 4.24. The number of hydrogen-bond donors (Lipinski definition) is 1. The first-order valence-electron chi connectivity index (χ1n) is 8.63. The maximum atomic E-state index is 11.6. The van der Waals surface area contributed by atoms with Gasteiger partial charge in [-0.2, -0.15) is 0 Å². The Labute approximate surface area is 158 Å². The number of rotatable bonds is 7. The van der Waals surface area contributed by atoms with Gasteiger partial charge in [0, 0.05) is 44.8 Å². The average Bonchev–Trinajstić information content (AvgIpc) is 3.19. The van der Waals surface area contributed by atoms with Gasteiger partial charge in [0.05, 0.1) is 12.4 Å². The van der Waals surface area contributed by atoms with E-state index in [4.69, 9.17) is 9.47 Å². The van der Waals surface area contributed by atoms with Crippen LogP contribution in [0.5, 0.6) is 0 Å². The van der Waals surface area contributed by atoms with Gasteiger partial charge in [0.2, 0.25) is 5.91 Å². The average molecular weight is 365 g/mol. The molecule has 0 saturated heterocycles. The van der Waals surface area contributed by atoms with Crippen LogP contribution in [0.2, 0.25) is 0 Å². The standard InChI is InChI=1S/C21H23N3O3/c1-15(25)23-19-10-9-17(13-18(19)21(26-2)27-3)20(24-12-11-22-14-24)16-7-5-4-6-8-16/h4-14,20-21H,1-3H3,(H,23,25). The third-order valence-corrected chi connectivity index (χ3v) is 4.32. The van der Waals surface area contributed by atoms with E-state index in [0.29, 0.717) is 5.69 Å². The van der Waals surface area contributed by atoms with E-state index < -0.39 is 6.29 Å². The molecule has 1 unspecified atom stereocenters. The zero-order valence-corrected chi connectivity index (χ0v) is 15.6. The highest BCUT2D eigenvalue weighted by atomic mass is 16.7. The summed E-state index contributed by atoms with van der Waals surface area (Å²) in [6, 6.07) is 16.0. The number of anilines is 1. The number of aromatic nitrogens is 2. The van der Waals surface area contributed by atoms with E-state index in [0.717, 1.165) is 16.7 Å². The molecule has 1 atom stereocenters. The summed E-state index contributed by atoms with van der Waals surface area (Å²) in [4.78, 5) is 15.8. The van der Waals surface area contributed by atoms with E-state index in [1.165, 1.54) is 6.92 Å². The van der Waals surface area contributed by atoms with Crippen LogP contribution in [0.25, 0.3) is 0 Å². The molecule has 0 bridgehead atoms. The van der Waals surface area contributed by atoms with Gasteiger partial charge in [-0.1, -0.05) is 36.4 Å². The molecule has 0 aliphatic carbocycles. The summed E-state index contributed by atoms with van der Waals surface area (Å²) in [6.45, 7) is 1.48. The molecule has 0 saturated carbocycles. The summed E-state index contributed by atoms with van der Waals surface area (Å²) in [5, 5.41) is 2.85. The number of nitrogens with one attached hydrogen (secondary N) is 1. The molecule has 2 aromatic carbocycles. The lowest BCUT2D eigenvalue weighted by molar-refractivity contribution is -0.114. The van der Waals surface area contributed by atoms with Gasteiger partial charge in [-0.25, -0.2) is 4.98 Å². The number of benzene rings is 2. The van der Waals surface area contributed by atoms with Gasteiger partial charge < -0.3 is 19.4 Å². The molecule has 0 aliphatic heterocycles. The maximum absolute atomic E-state index is 11.6. The van der Waals surface area contributed by atoms with Crippen LogP contribution in [0.1, 0.15) is 35.9 Å². The van der Waals surface area contributed by atoms with Gasteiger partial charge in [-0.15, -0.1) is 0 Å². The predicted molar refractivity (Wildman–Crippen MR) is 103 cm³/mol. The van der Waals surface area contributed by atoms with E-state index in [1.54, 1.807) is 26.7 Å². The number of imidazole rings is 1. The van der Waals surface area contributed by atoms with Crippen molar-refractivity contribution in [3.63, 3.8) is 0 Å². The normalized spacial score (nSPS) is 12.1. The first kappa shape index (κ1) is 18.8. The minimum absolute atomic E-state index is 0.0619. The van der Waals surface area contributed by atoms with E-state index in [-0.39, 0.29) is 11.9 Å². The Kier molecular flexibility index (Phi) is 6.01. The topological polar surface area (TPSA) is 65.4 Å². The van der Waals surface area contributed by atoms with Crippen LogP contribution >= 0.6 is 0 Å². The molecule has 1 amide bonds. The quantitative estimate of drug-likeness (QED) is 0.647. The Morgan fingerprint density at radius 3 is 2.41 bits per heavy atom. The predicted octanol–water partition coefficient (Wildman–Crippen LogP) is 3.77. The smallest absolute Gasteiger partial charge is 0.221 e. The molecule has 27 heavy (non-hydrogen) atoms. The Morgan fingerprint density at radius 2 is 1.81 bits per heavy atom. The number of carbonyl (C=O) groups excluding carboxylic acids is 1. The Balaban J connectivity index is 2.12. The number of ether oxygens (including phenoxy) is 2. The van der Waals surface area contributed by atoms with Crippen LogP contribution < -0.4 is 5.32 Å². The summed E-state index contributed by atoms with van der Waals surface area (Å²) in [5.74, 6) is -0.149. The summed E-state index contributed by atoms with van der Waals surface area (Å²) in [5.41, 5.74) is 3.58. The Bertz CT molecular complexity index is 875. The molecule has 6 heteroatoms. The molecule has 0 spiro atoms. The Morgan fingerprint density at radius 1 is 1.07 bits per heavy atom. The van der Waals surface area contributed by atoms with Crippen molar-refractivity contribution in [1.82, 2.24) is 9.55 Å². The number of nitrogens with zero attached hydrogens (tertiary/aromatic N) is 2. The van der Waals surface area contributed by atoms with E-state index in [1.807, 2.05) is 47.2 Å². The zero-order valence-electron chi connectivity index (χ0n) is 15.6. The van der Waals surface area contributed by atoms with Crippen LogP contribution in [0.15, 0.2) is 67.3 Å². The summed E-state index contributed by atoms with van der Waals surface area (Å²) < 4.78 is 12.9. The molecular formula is C21H23N3O3. The third-order valence-electron chi connectivity index (χ3n) is 4.32. The fraction of sp³-hybridized carbons (Fsp3) is 0.238. The second-order valence-corrected chi connectivity index (χ2v) is 6.15. The van der Waals surface area contributed by atoms with Crippen molar-refractivity contribution in [3.8, 4) is 0 Å². The fourth-order valence-corrected chi connectivity index (χ4v) is 3.19. The minimum Gasteiger partial charge on any atom is -0.352 e. The zero-order chi connectivity index (χ0) is 19.2. The molecule has 1 aromatic heterocycles.